The van der Waals surface area contributed by atoms with Crippen LogP contribution in [0.5, 0.6) is 0 Å². The molecule has 0 radical (unpaired) electrons. The molecule has 1 aliphatic heterocycles. The third-order valence-corrected chi connectivity index (χ3v) is 4.34. The number of thiocarbonyl (C=S) groups is 1. The van der Waals surface area contributed by atoms with Gasteiger partial charge in [-0.05, 0) is 35.1 Å². The van der Waals surface area contributed by atoms with E-state index in [-0.39, 0.29) is 16.4 Å². The van der Waals surface area contributed by atoms with Crippen molar-refractivity contribution in [3.05, 3.63) is 29.3 Å². The van der Waals surface area contributed by atoms with Gasteiger partial charge < -0.3 is 20.7 Å². The molecule has 1 aromatic carbocycles. The van der Waals surface area contributed by atoms with Crippen molar-refractivity contribution in [1.29, 1.82) is 0 Å². The van der Waals surface area contributed by atoms with Crippen LogP contribution in [0.2, 0.25) is 0 Å². The van der Waals surface area contributed by atoms with Crippen molar-refractivity contribution in [2.75, 3.05) is 11.9 Å². The van der Waals surface area contributed by atoms with Crippen LogP contribution in [0.1, 0.15) is 37.9 Å². The lowest BCUT2D eigenvalue weighted by Crippen LogP contribution is -2.44. The molecule has 2 amide bonds. The minimum absolute atomic E-state index is 0.0997. The van der Waals surface area contributed by atoms with E-state index in [9.17, 15) is 14.7 Å². The van der Waals surface area contributed by atoms with Crippen molar-refractivity contribution < 1.29 is 14.7 Å². The average molecular weight is 350 g/mol. The summed E-state index contributed by atoms with van der Waals surface area (Å²) in [5.41, 5.74) is 4.49. The predicted octanol–water partition coefficient (Wildman–Crippen LogP) is 2.04. The van der Waals surface area contributed by atoms with Crippen molar-refractivity contribution in [3.63, 3.8) is 0 Å². The number of carbonyl (C=O) groups is 2. The van der Waals surface area contributed by atoms with E-state index in [0.29, 0.717) is 18.7 Å². The number of nitrogens with zero attached hydrogens (tertiary/aromatic N) is 1. The molecular weight excluding hydrogens is 328 g/mol. The zero-order valence-electron chi connectivity index (χ0n) is 13.9. The van der Waals surface area contributed by atoms with Crippen LogP contribution in [0.15, 0.2) is 18.2 Å². The first-order valence-corrected chi connectivity index (χ1v) is 8.00. The van der Waals surface area contributed by atoms with Gasteiger partial charge in [-0.15, -0.1) is 0 Å². The van der Waals surface area contributed by atoms with E-state index < -0.39 is 12.0 Å². The average Bonchev–Trinajstić information content (AvgIpc) is 2.51. The van der Waals surface area contributed by atoms with E-state index in [2.05, 4.69) is 10.7 Å². The topological polar surface area (TPSA) is 108 Å². The number of rotatable bonds is 1. The van der Waals surface area contributed by atoms with Gasteiger partial charge in [-0.3, -0.25) is 4.79 Å². The Labute approximate surface area is 146 Å². The molecule has 0 saturated carbocycles. The van der Waals surface area contributed by atoms with Gasteiger partial charge in [0.25, 0.3) is 5.91 Å². The molecular formula is C16H22N4O3S. The molecule has 0 aromatic heterocycles. The summed E-state index contributed by atoms with van der Waals surface area (Å²) >= 11 is 4.79. The van der Waals surface area contributed by atoms with Gasteiger partial charge in [-0.2, -0.15) is 0 Å². The van der Waals surface area contributed by atoms with Gasteiger partial charge >= 0.3 is 6.09 Å². The van der Waals surface area contributed by atoms with Crippen LogP contribution in [-0.4, -0.2) is 33.5 Å². The van der Waals surface area contributed by atoms with Gasteiger partial charge in [-0.25, -0.2) is 10.6 Å². The number of hydrazine groups is 1. The van der Waals surface area contributed by atoms with Crippen molar-refractivity contribution in [3.8, 4) is 0 Å². The number of carboxylic acid groups (broad SMARTS) is 1. The molecule has 1 atom stereocenters. The molecule has 2 rings (SSSR count). The lowest BCUT2D eigenvalue weighted by Gasteiger charge is -2.43. The molecule has 7 nitrogen and oxygen atoms in total. The van der Waals surface area contributed by atoms with Crippen LogP contribution in [-0.2, 0) is 11.2 Å². The standard InChI is InChI=1S/C16H22N4O3S/c1-16(2,3)12-11-5-4-10(18-13(21)14(24)19-17)8-9(11)6-7-20(12)15(22)23/h4-5,8,12H,6-7,17H2,1-3H3,(H,18,21)(H,19,24)(H,22,23). The maximum absolute atomic E-state index is 11.8. The zero-order valence-corrected chi connectivity index (χ0v) is 14.7. The minimum atomic E-state index is -0.919. The monoisotopic (exact) mass is 350 g/mol. The Bertz CT molecular complexity index is 684. The number of nitrogens with two attached hydrogens (primary N) is 1. The Morgan fingerprint density at radius 2 is 2.04 bits per heavy atom. The molecule has 0 spiro atoms. The summed E-state index contributed by atoms with van der Waals surface area (Å²) in [5, 5.41) is 12.2. The van der Waals surface area contributed by atoms with Gasteiger partial charge in [0, 0.05) is 12.2 Å². The van der Waals surface area contributed by atoms with Crippen LogP contribution < -0.4 is 16.6 Å². The molecule has 5 N–H and O–H groups in total. The second-order valence-electron chi connectivity index (χ2n) is 6.84. The zero-order chi connectivity index (χ0) is 18.1. The van der Waals surface area contributed by atoms with E-state index in [1.165, 1.54) is 4.90 Å². The molecule has 1 unspecified atom stereocenters. The van der Waals surface area contributed by atoms with Crippen molar-refractivity contribution in [1.82, 2.24) is 10.3 Å². The Kier molecular flexibility index (Phi) is 5.10. The summed E-state index contributed by atoms with van der Waals surface area (Å²) in [7, 11) is 0. The third kappa shape index (κ3) is 3.65. The first-order valence-electron chi connectivity index (χ1n) is 7.59. The maximum atomic E-state index is 11.8. The normalized spacial score (nSPS) is 17.0. The smallest absolute Gasteiger partial charge is 0.407 e. The molecule has 130 valence electrons. The first-order chi connectivity index (χ1) is 11.1. The summed E-state index contributed by atoms with van der Waals surface area (Å²) in [6, 6.07) is 5.24. The van der Waals surface area contributed by atoms with Crippen LogP contribution >= 0.6 is 12.2 Å². The molecule has 0 aliphatic carbocycles. The Balaban J connectivity index is 2.35. The Morgan fingerprint density at radius 1 is 1.38 bits per heavy atom. The van der Waals surface area contributed by atoms with Crippen LogP contribution in [0, 0.1) is 5.41 Å². The van der Waals surface area contributed by atoms with E-state index in [1.807, 2.05) is 32.9 Å². The quantitative estimate of drug-likeness (QED) is 0.351. The highest BCUT2D eigenvalue weighted by Gasteiger charge is 2.38. The molecule has 0 bridgehead atoms. The third-order valence-electron chi connectivity index (χ3n) is 4.03. The summed E-state index contributed by atoms with van der Waals surface area (Å²) < 4.78 is 0. The summed E-state index contributed by atoms with van der Waals surface area (Å²) in [6.07, 6.45) is -0.324. The summed E-state index contributed by atoms with van der Waals surface area (Å²) in [4.78, 5) is 24.8. The number of nitrogens with one attached hydrogen (secondary N) is 2. The van der Waals surface area contributed by atoms with Crippen LogP contribution in [0.3, 0.4) is 0 Å². The number of carbonyl (C=O) groups excluding carboxylic acids is 1. The number of amides is 2. The molecule has 24 heavy (non-hydrogen) atoms. The van der Waals surface area contributed by atoms with Gasteiger partial charge in [0.15, 0.2) is 4.99 Å². The fraction of sp³-hybridized carbons (Fsp3) is 0.438. The highest BCUT2D eigenvalue weighted by molar-refractivity contribution is 7.82. The van der Waals surface area contributed by atoms with Crippen molar-refractivity contribution in [2.24, 2.45) is 11.3 Å². The highest BCUT2D eigenvalue weighted by atomic mass is 32.1. The summed E-state index contributed by atoms with van der Waals surface area (Å²) in [6.45, 7) is 6.47. The maximum Gasteiger partial charge on any atom is 0.407 e. The van der Waals surface area contributed by atoms with Gasteiger partial charge in [0.1, 0.15) is 0 Å². The highest BCUT2D eigenvalue weighted by Crippen LogP contribution is 2.42. The van der Waals surface area contributed by atoms with Gasteiger partial charge in [0.2, 0.25) is 0 Å². The fourth-order valence-corrected chi connectivity index (χ4v) is 3.15. The predicted molar refractivity (Wildman–Crippen MR) is 95.6 cm³/mol. The van der Waals surface area contributed by atoms with E-state index in [1.54, 1.807) is 6.07 Å². The van der Waals surface area contributed by atoms with Gasteiger partial charge in [-0.1, -0.05) is 39.1 Å². The van der Waals surface area contributed by atoms with E-state index in [0.717, 1.165) is 11.1 Å². The minimum Gasteiger partial charge on any atom is -0.465 e. The number of hydrogen-bond acceptors (Lipinski definition) is 4. The summed E-state index contributed by atoms with van der Waals surface area (Å²) in [5.74, 6) is 4.65. The molecule has 0 fully saturated rings. The van der Waals surface area contributed by atoms with Crippen LogP contribution in [0.4, 0.5) is 10.5 Å². The first kappa shape index (κ1) is 18.2. The number of fused-ring (bicyclic) bond motifs is 1. The number of anilines is 1. The van der Waals surface area contributed by atoms with Gasteiger partial charge in [0.05, 0.1) is 6.04 Å². The molecule has 1 aliphatic rings. The number of benzene rings is 1. The van der Waals surface area contributed by atoms with E-state index >= 15 is 0 Å². The molecule has 1 aromatic rings. The lowest BCUT2D eigenvalue weighted by molar-refractivity contribution is -0.110. The Hall–Kier alpha value is -2.19. The van der Waals surface area contributed by atoms with Crippen molar-refractivity contribution >= 4 is 34.9 Å². The Morgan fingerprint density at radius 3 is 2.58 bits per heavy atom. The second kappa shape index (κ2) is 6.74. The van der Waals surface area contributed by atoms with Crippen LogP contribution in [0.25, 0.3) is 0 Å². The fourth-order valence-electron chi connectivity index (χ4n) is 3.10. The largest absolute Gasteiger partial charge is 0.465 e. The van der Waals surface area contributed by atoms with E-state index in [4.69, 9.17) is 18.1 Å². The molecule has 1 heterocycles. The molecule has 0 saturated heterocycles. The lowest BCUT2D eigenvalue weighted by atomic mass is 9.77. The second-order valence-corrected chi connectivity index (χ2v) is 7.24. The number of hydrogen-bond donors (Lipinski definition) is 4. The van der Waals surface area contributed by atoms with Crippen molar-refractivity contribution in [2.45, 2.75) is 33.2 Å². The molecule has 8 heteroatoms. The SMILES string of the molecule is CC(C)(C)C1c2ccc(NC(=O)C(=S)NN)cc2CCN1C(=O)O.